The molecular formula is C10H26MgN2O13. The third-order valence-corrected chi connectivity index (χ3v) is 1.95. The molecule has 0 radical (unpaired) electrons. The molecule has 0 fully saturated rings. The van der Waals surface area contributed by atoms with Crippen LogP contribution in [0.2, 0.25) is 0 Å². The summed E-state index contributed by atoms with van der Waals surface area (Å²) in [6.07, 6.45) is -0.795. The van der Waals surface area contributed by atoms with Gasteiger partial charge < -0.3 is 68.9 Å². The second-order valence-corrected chi connectivity index (χ2v) is 3.71. The zero-order valence-corrected chi connectivity index (χ0v) is 15.1. The summed E-state index contributed by atoms with van der Waals surface area (Å²) in [6, 6.07) is -2.20. The van der Waals surface area contributed by atoms with Gasteiger partial charge in [0, 0.05) is 11.9 Å². The molecule has 2 atom stereocenters. The monoisotopic (exact) mass is 406 g/mol. The molecule has 0 aliphatic carbocycles. The molecule has 0 rings (SSSR count). The molecule has 0 aromatic heterocycles. The van der Waals surface area contributed by atoms with Crippen LogP contribution in [-0.4, -0.2) is 96.6 Å². The summed E-state index contributed by atoms with van der Waals surface area (Å²) in [6.45, 7) is 0. The molecule has 0 aliphatic heterocycles. The molecular weight excluding hydrogens is 380 g/mol. The molecule has 0 spiro atoms. The fourth-order valence-electron chi connectivity index (χ4n) is 0.794. The van der Waals surface area contributed by atoms with E-state index in [1.165, 1.54) is 0 Å². The number of hydrogen-bond acceptors (Lipinski definition) is 8. The number of carboxylic acids is 4. The molecule has 26 heavy (non-hydrogen) atoms. The number of aliphatic carboxylic acids is 4. The largest absolute Gasteiger partial charge is 2.00 e. The van der Waals surface area contributed by atoms with E-state index in [4.69, 9.17) is 21.7 Å². The summed E-state index contributed by atoms with van der Waals surface area (Å²) >= 11 is 0. The van der Waals surface area contributed by atoms with E-state index in [1.54, 1.807) is 0 Å². The van der Waals surface area contributed by atoms with E-state index >= 15 is 0 Å². The Hall–Kier alpha value is -1.63. The number of nitrogens with two attached hydrogens (primary N) is 2. The van der Waals surface area contributed by atoms with E-state index in [0.29, 0.717) is 0 Å². The number of hydrogen-bond donors (Lipinski definition) is 4. The molecule has 16 heteroatoms. The molecule has 15 nitrogen and oxygen atoms in total. The first kappa shape index (κ1) is 49.7. The van der Waals surface area contributed by atoms with Gasteiger partial charge in [-0.3, -0.25) is 9.59 Å². The van der Waals surface area contributed by atoms with Crippen molar-refractivity contribution in [2.24, 2.45) is 11.5 Å². The normalized spacial score (nSPS) is 9.62. The predicted octanol–water partition coefficient (Wildman–Crippen LogP) is -8.65. The average Bonchev–Trinajstić information content (AvgIpc) is 2.33. The molecule has 0 amide bonds. The minimum Gasteiger partial charge on any atom is -0.550 e. The van der Waals surface area contributed by atoms with Crippen molar-refractivity contribution < 1.29 is 67.0 Å². The van der Waals surface area contributed by atoms with Crippen molar-refractivity contribution >= 4 is 46.9 Å². The molecule has 16 N–H and O–H groups in total. The Kier molecular flexibility index (Phi) is 53.8. The maximum Gasteiger partial charge on any atom is 2.00 e. The van der Waals surface area contributed by atoms with Gasteiger partial charge in [0.1, 0.15) is 12.1 Å². The van der Waals surface area contributed by atoms with E-state index < -0.39 is 36.0 Å². The predicted molar refractivity (Wildman–Crippen MR) is 83.5 cm³/mol. The van der Waals surface area contributed by atoms with Crippen LogP contribution in [0.4, 0.5) is 0 Å². The van der Waals surface area contributed by atoms with Gasteiger partial charge in [-0.1, -0.05) is 0 Å². The van der Waals surface area contributed by atoms with Crippen LogP contribution >= 0.6 is 0 Å². The van der Waals surface area contributed by atoms with Crippen molar-refractivity contribution in [2.75, 3.05) is 0 Å². The standard InChI is InChI=1S/2C5H9NO4.Mg.5H2O/c2*6-3(5(9)10)1-2-4(7)8;;;;;;/h2*3H,1-2,6H2,(H,7,8)(H,9,10);;5*1H2/q;;+2;;;;;/p-2/t2*3-;;;;;;/m00....../s1. The summed E-state index contributed by atoms with van der Waals surface area (Å²) in [4.78, 5) is 39.5. The summed E-state index contributed by atoms with van der Waals surface area (Å²) < 4.78 is 0. The van der Waals surface area contributed by atoms with Gasteiger partial charge in [-0.15, -0.1) is 0 Å². The fraction of sp³-hybridized carbons (Fsp3) is 0.600. The number of carbonyl (C=O) groups excluding carboxylic acids is 2. The molecule has 0 saturated heterocycles. The maximum atomic E-state index is 9.97. The Bertz CT molecular complexity index is 335. The van der Waals surface area contributed by atoms with Crippen LogP contribution in [0.25, 0.3) is 0 Å². The topological polar surface area (TPSA) is 364 Å². The van der Waals surface area contributed by atoms with Gasteiger partial charge in [-0.25, -0.2) is 0 Å². The van der Waals surface area contributed by atoms with Gasteiger partial charge in [-0.05, 0) is 25.7 Å². The first-order valence-electron chi connectivity index (χ1n) is 5.44. The number of rotatable bonds is 8. The molecule has 0 bridgehead atoms. The molecule has 0 aromatic rings. The maximum absolute atomic E-state index is 9.97. The first-order chi connectivity index (χ1) is 9.07. The average molecular weight is 407 g/mol. The summed E-state index contributed by atoms with van der Waals surface area (Å²) in [7, 11) is 0. The molecule has 0 aromatic carbocycles. The smallest absolute Gasteiger partial charge is 0.550 e. The van der Waals surface area contributed by atoms with Crippen LogP contribution in [0, 0.1) is 0 Å². The van der Waals surface area contributed by atoms with E-state index in [2.05, 4.69) is 0 Å². The van der Waals surface area contributed by atoms with Gasteiger partial charge in [0.25, 0.3) is 0 Å². The van der Waals surface area contributed by atoms with Crippen molar-refractivity contribution in [3.8, 4) is 0 Å². The van der Waals surface area contributed by atoms with Crippen LogP contribution in [-0.2, 0) is 19.2 Å². The minimum absolute atomic E-state index is 0. The zero-order chi connectivity index (χ0) is 16.3. The van der Waals surface area contributed by atoms with Gasteiger partial charge in [0.2, 0.25) is 0 Å². The van der Waals surface area contributed by atoms with E-state index in [0.717, 1.165) is 0 Å². The Labute approximate surface area is 163 Å². The van der Waals surface area contributed by atoms with E-state index in [1.807, 2.05) is 0 Å². The van der Waals surface area contributed by atoms with Crippen molar-refractivity contribution in [1.82, 2.24) is 0 Å². The Morgan fingerprint density at radius 2 is 0.885 bits per heavy atom. The van der Waals surface area contributed by atoms with Crippen molar-refractivity contribution in [3.05, 3.63) is 0 Å². The summed E-state index contributed by atoms with van der Waals surface area (Å²) in [5, 5.41) is 35.8. The summed E-state index contributed by atoms with van der Waals surface area (Å²) in [5.41, 5.74) is 9.95. The second kappa shape index (κ2) is 28.2. The van der Waals surface area contributed by atoms with Crippen molar-refractivity contribution in [2.45, 2.75) is 37.8 Å². The van der Waals surface area contributed by atoms with E-state index in [9.17, 15) is 29.4 Å². The molecule has 156 valence electrons. The van der Waals surface area contributed by atoms with E-state index in [-0.39, 0.29) is 76.1 Å². The summed E-state index contributed by atoms with van der Waals surface area (Å²) in [5.74, 6) is -4.95. The number of carbonyl (C=O) groups is 4. The van der Waals surface area contributed by atoms with Crippen LogP contribution in [0.5, 0.6) is 0 Å². The van der Waals surface area contributed by atoms with Crippen LogP contribution in [0.1, 0.15) is 25.7 Å². The van der Waals surface area contributed by atoms with Gasteiger partial charge >= 0.3 is 35.0 Å². The third kappa shape index (κ3) is 38.1. The first-order valence-corrected chi connectivity index (χ1v) is 5.44. The van der Waals surface area contributed by atoms with Crippen LogP contribution < -0.4 is 21.7 Å². The minimum atomic E-state index is -1.28. The van der Waals surface area contributed by atoms with Crippen molar-refractivity contribution in [1.29, 1.82) is 0 Å². The van der Waals surface area contributed by atoms with Crippen LogP contribution in [0.3, 0.4) is 0 Å². The van der Waals surface area contributed by atoms with Gasteiger partial charge in [-0.2, -0.15) is 0 Å². The van der Waals surface area contributed by atoms with Crippen molar-refractivity contribution in [3.63, 3.8) is 0 Å². The molecule has 0 heterocycles. The third-order valence-electron chi connectivity index (χ3n) is 1.95. The van der Waals surface area contributed by atoms with Crippen LogP contribution in [0.15, 0.2) is 0 Å². The Morgan fingerprint density at radius 3 is 1.00 bits per heavy atom. The fourth-order valence-corrected chi connectivity index (χ4v) is 0.794. The molecule has 0 aliphatic rings. The SMILES string of the molecule is N[C@@H](CCC(=O)[O-])C(=O)O.N[C@@H](CCC(=O)[O-])C(=O)O.O.O.O.O.O.[Mg+2]. The van der Waals surface area contributed by atoms with Gasteiger partial charge in [0.15, 0.2) is 0 Å². The zero-order valence-electron chi connectivity index (χ0n) is 13.7. The second-order valence-electron chi connectivity index (χ2n) is 3.71. The number of carboxylic acid groups (broad SMARTS) is 4. The molecule has 0 unspecified atom stereocenters. The Morgan fingerprint density at radius 1 is 0.692 bits per heavy atom. The molecule has 0 saturated carbocycles. The van der Waals surface area contributed by atoms with Gasteiger partial charge in [0.05, 0.1) is 0 Å². The quantitative estimate of drug-likeness (QED) is 0.275. The Balaban J connectivity index is -0.0000000337.